The molecule has 1 amide bonds. The molecule has 1 aromatic carbocycles. The van der Waals surface area contributed by atoms with Gasteiger partial charge in [-0.15, -0.1) is 0 Å². The standard InChI is InChI=1S/C20H24ClN3O2/c1-20(2,3)24-19(25)26-17-10-16(17)14-7-8-18(23-12-14)22-11-13-5-4-6-15(21)9-13/h4-9,12,16-17H,10-11H2,1-3H3,(H,22,23)(H,24,25)/t16-,17+/m0/s1. The van der Waals surface area contributed by atoms with Gasteiger partial charge in [0.15, 0.2) is 0 Å². The Morgan fingerprint density at radius 3 is 2.77 bits per heavy atom. The first-order valence-electron chi connectivity index (χ1n) is 8.73. The molecule has 2 aromatic rings. The molecule has 1 aliphatic rings. The van der Waals surface area contributed by atoms with Crippen LogP contribution in [0.4, 0.5) is 10.6 Å². The second-order valence-corrected chi connectivity index (χ2v) is 8.06. The summed E-state index contributed by atoms with van der Waals surface area (Å²) in [4.78, 5) is 16.3. The van der Waals surface area contributed by atoms with Gasteiger partial charge in [0.25, 0.3) is 0 Å². The van der Waals surface area contributed by atoms with Gasteiger partial charge in [0.1, 0.15) is 11.9 Å². The predicted octanol–water partition coefficient (Wildman–Crippen LogP) is 4.73. The van der Waals surface area contributed by atoms with Crippen LogP contribution in [0.2, 0.25) is 5.02 Å². The van der Waals surface area contributed by atoms with Gasteiger partial charge in [-0.05, 0) is 56.5 Å². The van der Waals surface area contributed by atoms with Gasteiger partial charge in [-0.25, -0.2) is 9.78 Å². The zero-order valence-electron chi connectivity index (χ0n) is 15.3. The monoisotopic (exact) mass is 373 g/mol. The minimum atomic E-state index is -0.363. The van der Waals surface area contributed by atoms with Gasteiger partial charge >= 0.3 is 6.09 Å². The Morgan fingerprint density at radius 1 is 1.31 bits per heavy atom. The fraction of sp³-hybridized carbons (Fsp3) is 0.400. The number of aromatic nitrogens is 1. The van der Waals surface area contributed by atoms with Gasteiger partial charge in [0.05, 0.1) is 0 Å². The summed E-state index contributed by atoms with van der Waals surface area (Å²) in [7, 11) is 0. The van der Waals surface area contributed by atoms with Gasteiger partial charge in [-0.3, -0.25) is 0 Å². The Kier molecular flexibility index (Phi) is 5.37. The molecule has 2 atom stereocenters. The molecule has 1 aromatic heterocycles. The Morgan fingerprint density at radius 2 is 2.12 bits per heavy atom. The summed E-state index contributed by atoms with van der Waals surface area (Å²) in [5, 5.41) is 6.82. The fourth-order valence-corrected chi connectivity index (χ4v) is 2.91. The summed E-state index contributed by atoms with van der Waals surface area (Å²) in [6, 6.07) is 11.7. The average Bonchev–Trinajstić information content (AvgIpc) is 3.30. The number of rotatable bonds is 5. The van der Waals surface area contributed by atoms with E-state index in [2.05, 4.69) is 15.6 Å². The maximum Gasteiger partial charge on any atom is 0.407 e. The van der Waals surface area contributed by atoms with E-state index in [1.165, 1.54) is 0 Å². The van der Waals surface area contributed by atoms with Crippen molar-refractivity contribution in [3.8, 4) is 0 Å². The zero-order chi connectivity index (χ0) is 18.7. The Bertz CT molecular complexity index is 771. The highest BCUT2D eigenvalue weighted by Crippen LogP contribution is 2.43. The zero-order valence-corrected chi connectivity index (χ0v) is 16.0. The predicted molar refractivity (Wildman–Crippen MR) is 104 cm³/mol. The van der Waals surface area contributed by atoms with E-state index in [4.69, 9.17) is 16.3 Å². The quantitative estimate of drug-likeness (QED) is 0.795. The molecule has 0 radical (unpaired) electrons. The van der Waals surface area contributed by atoms with Gasteiger partial charge in [0.2, 0.25) is 0 Å². The van der Waals surface area contributed by atoms with Crippen molar-refractivity contribution in [1.29, 1.82) is 0 Å². The number of nitrogens with zero attached hydrogens (tertiary/aromatic N) is 1. The lowest BCUT2D eigenvalue weighted by Crippen LogP contribution is -2.41. The molecule has 5 nitrogen and oxygen atoms in total. The summed E-state index contributed by atoms with van der Waals surface area (Å²) in [6.07, 6.45) is 2.26. The first-order valence-corrected chi connectivity index (χ1v) is 9.11. The van der Waals surface area contributed by atoms with Gasteiger partial charge < -0.3 is 15.4 Å². The van der Waals surface area contributed by atoms with E-state index in [0.29, 0.717) is 6.54 Å². The second-order valence-electron chi connectivity index (χ2n) is 7.62. The molecule has 0 aliphatic heterocycles. The van der Waals surface area contributed by atoms with Crippen LogP contribution in [0.3, 0.4) is 0 Å². The molecule has 1 heterocycles. The third kappa shape index (κ3) is 5.36. The van der Waals surface area contributed by atoms with Crippen molar-refractivity contribution in [2.45, 2.75) is 51.3 Å². The van der Waals surface area contributed by atoms with Crippen LogP contribution in [0.5, 0.6) is 0 Å². The van der Waals surface area contributed by atoms with Crippen molar-refractivity contribution in [1.82, 2.24) is 10.3 Å². The number of alkyl carbamates (subject to hydrolysis) is 1. The van der Waals surface area contributed by atoms with Crippen molar-refractivity contribution >= 4 is 23.5 Å². The second kappa shape index (κ2) is 7.54. The molecule has 138 valence electrons. The maximum absolute atomic E-state index is 11.8. The number of benzene rings is 1. The Hall–Kier alpha value is -2.27. The minimum absolute atomic E-state index is 0.0654. The number of nitrogens with one attached hydrogen (secondary N) is 2. The van der Waals surface area contributed by atoms with Crippen LogP contribution in [0.1, 0.15) is 44.2 Å². The van der Waals surface area contributed by atoms with Crippen LogP contribution in [0.15, 0.2) is 42.6 Å². The number of pyridine rings is 1. The Labute approximate surface area is 159 Å². The van der Waals surface area contributed by atoms with Gasteiger partial charge in [-0.1, -0.05) is 29.8 Å². The maximum atomic E-state index is 11.8. The molecule has 1 saturated carbocycles. The van der Waals surface area contributed by atoms with Crippen LogP contribution in [-0.2, 0) is 11.3 Å². The van der Waals surface area contributed by atoms with Crippen molar-refractivity contribution in [2.24, 2.45) is 0 Å². The van der Waals surface area contributed by atoms with Crippen molar-refractivity contribution in [3.63, 3.8) is 0 Å². The van der Waals surface area contributed by atoms with Crippen LogP contribution < -0.4 is 10.6 Å². The number of ether oxygens (including phenoxy) is 1. The highest BCUT2D eigenvalue weighted by atomic mass is 35.5. The highest BCUT2D eigenvalue weighted by Gasteiger charge is 2.42. The first kappa shape index (κ1) is 18.5. The molecule has 26 heavy (non-hydrogen) atoms. The van der Waals surface area contributed by atoms with E-state index < -0.39 is 0 Å². The molecule has 0 bridgehead atoms. The molecule has 0 unspecified atom stereocenters. The number of anilines is 1. The molecular formula is C20H24ClN3O2. The smallest absolute Gasteiger partial charge is 0.407 e. The topological polar surface area (TPSA) is 63.2 Å². The van der Waals surface area contributed by atoms with Crippen LogP contribution in [-0.4, -0.2) is 22.7 Å². The third-order valence-corrected chi connectivity index (χ3v) is 4.28. The van der Waals surface area contributed by atoms with Crippen molar-refractivity contribution < 1.29 is 9.53 Å². The van der Waals surface area contributed by atoms with E-state index in [1.807, 2.05) is 63.4 Å². The number of amides is 1. The fourth-order valence-electron chi connectivity index (χ4n) is 2.69. The van der Waals surface area contributed by atoms with E-state index in [9.17, 15) is 4.79 Å². The first-order chi connectivity index (χ1) is 12.3. The average molecular weight is 374 g/mol. The lowest BCUT2D eigenvalue weighted by atomic mass is 10.1. The van der Waals surface area contributed by atoms with Crippen molar-refractivity contribution in [2.75, 3.05) is 5.32 Å². The van der Waals surface area contributed by atoms with E-state index in [0.717, 1.165) is 28.4 Å². The van der Waals surface area contributed by atoms with Gasteiger partial charge in [-0.2, -0.15) is 0 Å². The number of halogens is 1. The summed E-state index contributed by atoms with van der Waals surface area (Å²) in [6.45, 7) is 6.45. The summed E-state index contributed by atoms with van der Waals surface area (Å²) in [5.41, 5.74) is 1.90. The van der Waals surface area contributed by atoms with E-state index in [-0.39, 0.29) is 23.7 Å². The number of hydrogen-bond acceptors (Lipinski definition) is 4. The molecule has 1 fully saturated rings. The van der Waals surface area contributed by atoms with Crippen molar-refractivity contribution in [3.05, 3.63) is 58.7 Å². The van der Waals surface area contributed by atoms with Crippen LogP contribution in [0.25, 0.3) is 0 Å². The van der Waals surface area contributed by atoms with E-state index in [1.54, 1.807) is 0 Å². The summed E-state index contributed by atoms with van der Waals surface area (Å²) < 4.78 is 5.45. The lowest BCUT2D eigenvalue weighted by Gasteiger charge is -2.20. The third-order valence-electron chi connectivity index (χ3n) is 4.04. The van der Waals surface area contributed by atoms with Crippen LogP contribution >= 0.6 is 11.6 Å². The van der Waals surface area contributed by atoms with Crippen LogP contribution in [0, 0.1) is 0 Å². The molecule has 0 spiro atoms. The lowest BCUT2D eigenvalue weighted by molar-refractivity contribution is 0.128. The molecule has 1 aliphatic carbocycles. The Balaban J connectivity index is 1.49. The normalized spacial score (nSPS) is 18.9. The molecule has 6 heteroatoms. The molecule has 3 rings (SSSR count). The number of hydrogen-bond donors (Lipinski definition) is 2. The summed E-state index contributed by atoms with van der Waals surface area (Å²) >= 11 is 5.99. The number of carbonyl (C=O) groups excluding carboxylic acids is 1. The molecular weight excluding hydrogens is 350 g/mol. The summed E-state index contributed by atoms with van der Waals surface area (Å²) in [5.74, 6) is 1.03. The highest BCUT2D eigenvalue weighted by molar-refractivity contribution is 6.30. The van der Waals surface area contributed by atoms with Gasteiger partial charge in [0, 0.05) is 29.2 Å². The molecule has 0 saturated heterocycles. The van der Waals surface area contributed by atoms with E-state index >= 15 is 0 Å². The largest absolute Gasteiger partial charge is 0.446 e. The number of carbonyl (C=O) groups is 1. The minimum Gasteiger partial charge on any atom is -0.446 e. The SMILES string of the molecule is CC(C)(C)NC(=O)O[C@@H]1C[C@H]1c1ccc(NCc2cccc(Cl)c2)nc1. The molecule has 2 N–H and O–H groups in total.